The summed E-state index contributed by atoms with van der Waals surface area (Å²) >= 11 is 3.52. The van der Waals surface area contributed by atoms with Crippen molar-refractivity contribution in [2.45, 2.75) is 18.7 Å². The van der Waals surface area contributed by atoms with Crippen LogP contribution in [0.2, 0.25) is 0 Å². The number of para-hydroxylation sites is 1. The van der Waals surface area contributed by atoms with E-state index in [2.05, 4.69) is 34.2 Å². The number of halogens is 1. The molecule has 0 bridgehead atoms. The number of alkyl halides is 1. The van der Waals surface area contributed by atoms with Crippen molar-refractivity contribution in [1.29, 1.82) is 0 Å². The summed E-state index contributed by atoms with van der Waals surface area (Å²) in [6.45, 7) is 5.07. The van der Waals surface area contributed by atoms with Crippen molar-refractivity contribution in [3.8, 4) is 0 Å². The lowest BCUT2D eigenvalue weighted by Crippen LogP contribution is -2.34. The van der Waals surface area contributed by atoms with Crippen LogP contribution >= 0.6 is 15.9 Å². The van der Waals surface area contributed by atoms with Gasteiger partial charge in [0, 0.05) is 11.9 Å². The molecule has 1 heterocycles. The summed E-state index contributed by atoms with van der Waals surface area (Å²) in [5.74, 6) is 0.943. The fourth-order valence-electron chi connectivity index (χ4n) is 1.99. The van der Waals surface area contributed by atoms with Crippen molar-refractivity contribution in [3.63, 3.8) is 0 Å². The molecular weight excluding hydrogens is 328 g/mol. The summed E-state index contributed by atoms with van der Waals surface area (Å²) in [6, 6.07) is 7.00. The number of nitrogens with zero attached hydrogens (tertiary/aromatic N) is 2. The first-order valence-electron chi connectivity index (χ1n) is 6.18. The Bertz CT molecular complexity index is 584. The van der Waals surface area contributed by atoms with Crippen molar-refractivity contribution in [2.24, 2.45) is 16.2 Å². The molecule has 2 rings (SSSR count). The predicted molar refractivity (Wildman–Crippen MR) is 81.6 cm³/mol. The SMILES string of the molecule is CC(C)C(CBr)CN1C=NS(=O)(=O)c2ccccc21. The monoisotopic (exact) mass is 344 g/mol. The lowest BCUT2D eigenvalue weighted by atomic mass is 9.97. The summed E-state index contributed by atoms with van der Waals surface area (Å²) in [4.78, 5) is 2.21. The van der Waals surface area contributed by atoms with Crippen LogP contribution in [0.1, 0.15) is 13.8 Å². The van der Waals surface area contributed by atoms with Crippen molar-refractivity contribution in [1.82, 2.24) is 0 Å². The van der Waals surface area contributed by atoms with E-state index in [-0.39, 0.29) is 4.90 Å². The van der Waals surface area contributed by atoms with E-state index in [0.29, 0.717) is 17.5 Å². The Morgan fingerprint density at radius 1 is 1.32 bits per heavy atom. The first-order valence-corrected chi connectivity index (χ1v) is 8.74. The van der Waals surface area contributed by atoms with Gasteiger partial charge in [-0.15, -0.1) is 4.40 Å². The zero-order chi connectivity index (χ0) is 14.0. The summed E-state index contributed by atoms with van der Waals surface area (Å²) in [7, 11) is -3.52. The standard InChI is InChI=1S/C13H17BrN2O2S/c1-10(2)11(7-14)8-16-9-15-19(17,18)13-6-4-3-5-12(13)16/h3-6,9-11H,7-8H2,1-2H3. The third-order valence-electron chi connectivity index (χ3n) is 3.35. The minimum atomic E-state index is -3.52. The molecule has 0 saturated carbocycles. The number of sulfonamides is 1. The molecule has 19 heavy (non-hydrogen) atoms. The van der Waals surface area contributed by atoms with Crippen molar-refractivity contribution in [3.05, 3.63) is 24.3 Å². The zero-order valence-corrected chi connectivity index (χ0v) is 13.4. The first-order chi connectivity index (χ1) is 8.95. The molecule has 6 heteroatoms. The van der Waals surface area contributed by atoms with Gasteiger partial charge in [0.25, 0.3) is 10.0 Å². The van der Waals surface area contributed by atoms with Crippen LogP contribution in [0.3, 0.4) is 0 Å². The first kappa shape index (κ1) is 14.5. The molecule has 0 aliphatic carbocycles. The van der Waals surface area contributed by atoms with Crippen LogP contribution in [-0.4, -0.2) is 26.6 Å². The smallest absolute Gasteiger partial charge is 0.285 e. The lowest BCUT2D eigenvalue weighted by Gasteiger charge is -2.30. The Labute approximate surface area is 122 Å². The predicted octanol–water partition coefficient (Wildman–Crippen LogP) is 2.89. The summed E-state index contributed by atoms with van der Waals surface area (Å²) in [5.41, 5.74) is 0.712. The van der Waals surface area contributed by atoms with Gasteiger partial charge in [-0.1, -0.05) is 41.9 Å². The average molecular weight is 345 g/mol. The van der Waals surface area contributed by atoms with E-state index in [9.17, 15) is 8.42 Å². The minimum absolute atomic E-state index is 0.287. The number of hydrogen-bond donors (Lipinski definition) is 0. The van der Waals surface area contributed by atoms with Crippen LogP contribution in [0.5, 0.6) is 0 Å². The van der Waals surface area contributed by atoms with Gasteiger partial charge in [-0.25, -0.2) is 0 Å². The molecule has 0 spiro atoms. The van der Waals surface area contributed by atoms with Crippen LogP contribution < -0.4 is 4.90 Å². The van der Waals surface area contributed by atoms with Gasteiger partial charge in [0.1, 0.15) is 11.2 Å². The number of hydrogen-bond acceptors (Lipinski definition) is 3. The van der Waals surface area contributed by atoms with Crippen LogP contribution in [0.25, 0.3) is 0 Å². The minimum Gasteiger partial charge on any atom is -0.330 e. The van der Waals surface area contributed by atoms with Gasteiger partial charge in [0.15, 0.2) is 0 Å². The lowest BCUT2D eigenvalue weighted by molar-refractivity contribution is 0.438. The molecule has 1 unspecified atom stereocenters. The number of benzene rings is 1. The molecule has 0 amide bonds. The Balaban J connectivity index is 2.35. The van der Waals surface area contributed by atoms with E-state index in [1.807, 2.05) is 17.0 Å². The third kappa shape index (κ3) is 3.00. The van der Waals surface area contributed by atoms with Gasteiger partial charge in [-0.2, -0.15) is 8.42 Å². The van der Waals surface area contributed by atoms with Crippen molar-refractivity contribution in [2.75, 3.05) is 16.8 Å². The second-order valence-electron chi connectivity index (χ2n) is 4.97. The molecule has 0 N–H and O–H groups in total. The van der Waals surface area contributed by atoms with Crippen molar-refractivity contribution >= 4 is 38.0 Å². The van der Waals surface area contributed by atoms with Gasteiger partial charge in [0.05, 0.1) is 5.69 Å². The summed E-state index contributed by atoms with van der Waals surface area (Å²) < 4.78 is 27.4. The Morgan fingerprint density at radius 3 is 2.63 bits per heavy atom. The highest BCUT2D eigenvalue weighted by Crippen LogP contribution is 2.30. The van der Waals surface area contributed by atoms with E-state index in [1.165, 1.54) is 6.34 Å². The highest BCUT2D eigenvalue weighted by atomic mass is 79.9. The second kappa shape index (κ2) is 5.63. The molecule has 0 fully saturated rings. The molecule has 0 saturated heterocycles. The highest BCUT2D eigenvalue weighted by molar-refractivity contribution is 9.09. The molecule has 1 aliphatic rings. The van der Waals surface area contributed by atoms with Crippen LogP contribution in [0.15, 0.2) is 33.6 Å². The normalized spacial score (nSPS) is 18.4. The number of fused-ring (bicyclic) bond motifs is 1. The zero-order valence-electron chi connectivity index (χ0n) is 11.0. The number of rotatable bonds is 4. The van der Waals surface area contributed by atoms with Crippen LogP contribution in [-0.2, 0) is 10.0 Å². The topological polar surface area (TPSA) is 49.7 Å². The number of anilines is 1. The van der Waals surface area contributed by atoms with E-state index in [0.717, 1.165) is 11.9 Å². The van der Waals surface area contributed by atoms with Crippen molar-refractivity contribution < 1.29 is 8.42 Å². The van der Waals surface area contributed by atoms with E-state index in [4.69, 9.17) is 0 Å². The Morgan fingerprint density at radius 2 is 2.00 bits per heavy atom. The second-order valence-corrected chi connectivity index (χ2v) is 7.22. The maximum absolute atomic E-state index is 11.9. The molecule has 1 aromatic carbocycles. The molecular formula is C13H17BrN2O2S. The van der Waals surface area contributed by atoms with Crippen LogP contribution in [0.4, 0.5) is 5.69 Å². The quantitative estimate of drug-likeness (QED) is 0.789. The molecule has 0 aromatic heterocycles. The van der Waals surface area contributed by atoms with E-state index < -0.39 is 10.0 Å². The molecule has 1 aromatic rings. The Hall–Kier alpha value is -0.880. The fourth-order valence-corrected chi connectivity index (χ4v) is 3.99. The van der Waals surface area contributed by atoms with E-state index in [1.54, 1.807) is 12.1 Å². The molecule has 1 aliphatic heterocycles. The Kier molecular flexibility index (Phi) is 4.30. The van der Waals surface area contributed by atoms with Crippen LogP contribution in [0, 0.1) is 11.8 Å². The van der Waals surface area contributed by atoms with Gasteiger partial charge >= 0.3 is 0 Å². The maximum Gasteiger partial charge on any atom is 0.285 e. The molecule has 4 nitrogen and oxygen atoms in total. The third-order valence-corrected chi connectivity index (χ3v) is 5.45. The fraction of sp³-hybridized carbons (Fsp3) is 0.462. The molecule has 104 valence electrons. The van der Waals surface area contributed by atoms with Gasteiger partial charge in [-0.05, 0) is 24.0 Å². The molecule has 0 radical (unpaired) electrons. The van der Waals surface area contributed by atoms with E-state index >= 15 is 0 Å². The van der Waals surface area contributed by atoms with Gasteiger partial charge in [0.2, 0.25) is 0 Å². The van der Waals surface area contributed by atoms with Gasteiger partial charge in [-0.3, -0.25) is 0 Å². The maximum atomic E-state index is 11.9. The largest absolute Gasteiger partial charge is 0.330 e. The average Bonchev–Trinajstić information content (AvgIpc) is 2.38. The highest BCUT2D eigenvalue weighted by Gasteiger charge is 2.26. The summed E-state index contributed by atoms with van der Waals surface area (Å²) in [6.07, 6.45) is 1.43. The van der Waals surface area contributed by atoms with Gasteiger partial charge < -0.3 is 4.90 Å². The molecule has 1 atom stereocenters. The summed E-state index contributed by atoms with van der Waals surface area (Å²) in [5, 5.41) is 0.879.